The van der Waals surface area contributed by atoms with Crippen LogP contribution in [0.4, 0.5) is 0 Å². The maximum absolute atomic E-state index is 10.8. The lowest BCUT2D eigenvalue weighted by Gasteiger charge is -2.13. The van der Waals surface area contributed by atoms with E-state index in [-0.39, 0.29) is 5.97 Å². The van der Waals surface area contributed by atoms with Gasteiger partial charge in [0.25, 0.3) is 0 Å². The van der Waals surface area contributed by atoms with Crippen molar-refractivity contribution in [3.63, 3.8) is 0 Å². The summed E-state index contributed by atoms with van der Waals surface area (Å²) >= 11 is 0. The zero-order valence-corrected chi connectivity index (χ0v) is 11.4. The predicted octanol–water partition coefficient (Wildman–Crippen LogP) is 1.76. The molecule has 0 aliphatic carbocycles. The van der Waals surface area contributed by atoms with Gasteiger partial charge in [-0.3, -0.25) is 0 Å². The van der Waals surface area contributed by atoms with Gasteiger partial charge in [0.05, 0.1) is 11.4 Å². The third-order valence-electron chi connectivity index (χ3n) is 3.22. The molecule has 19 heavy (non-hydrogen) atoms. The first-order valence-electron chi connectivity index (χ1n) is 6.56. The highest BCUT2D eigenvalue weighted by molar-refractivity contribution is 5.85. The summed E-state index contributed by atoms with van der Waals surface area (Å²) in [5.74, 6) is 0.127. The van der Waals surface area contributed by atoms with Gasteiger partial charge >= 0.3 is 5.97 Å². The highest BCUT2D eigenvalue weighted by Gasteiger charge is 2.20. The van der Waals surface area contributed by atoms with E-state index in [0.717, 1.165) is 24.2 Å². The zero-order chi connectivity index (χ0) is 13.7. The topological polar surface area (TPSA) is 59.6 Å². The third-order valence-corrected chi connectivity index (χ3v) is 3.22. The van der Waals surface area contributed by atoms with E-state index in [1.165, 1.54) is 11.6 Å². The molecule has 0 radical (unpaired) electrons. The molecule has 2 aliphatic heterocycles. The maximum Gasteiger partial charge on any atom is 0.333 e. The number of hydrogen-bond donors (Lipinski definition) is 2. The lowest BCUT2D eigenvalue weighted by molar-refractivity contribution is -0.135. The Morgan fingerprint density at radius 2 is 2.47 bits per heavy atom. The van der Waals surface area contributed by atoms with Gasteiger partial charge in [-0.25, -0.2) is 4.79 Å². The van der Waals surface area contributed by atoms with Gasteiger partial charge in [-0.15, -0.1) is 0 Å². The van der Waals surface area contributed by atoms with Crippen LogP contribution in [0.3, 0.4) is 0 Å². The molecule has 0 saturated carbocycles. The highest BCUT2D eigenvalue weighted by atomic mass is 16.5. The number of nitrogens with one attached hydrogen (secondary N) is 2. The normalized spacial score (nSPS) is 23.8. The van der Waals surface area contributed by atoms with E-state index < -0.39 is 0 Å². The molecule has 2 heterocycles. The average molecular weight is 264 g/mol. The van der Waals surface area contributed by atoms with Crippen LogP contribution in [0.15, 0.2) is 35.5 Å². The fraction of sp³-hybridized carbons (Fsp3) is 0.500. The first-order valence-corrected chi connectivity index (χ1v) is 6.56. The summed E-state index contributed by atoms with van der Waals surface area (Å²) in [4.78, 5) is 10.8. The fourth-order valence-electron chi connectivity index (χ4n) is 2.17. The van der Waals surface area contributed by atoms with Crippen LogP contribution < -0.4 is 10.6 Å². The Hall–Kier alpha value is -1.91. The molecule has 0 aromatic heterocycles. The Labute approximate surface area is 113 Å². The summed E-state index contributed by atoms with van der Waals surface area (Å²) in [6.45, 7) is 4.93. The van der Waals surface area contributed by atoms with Crippen molar-refractivity contribution in [2.75, 3.05) is 13.3 Å². The Kier molecular flexibility index (Phi) is 4.49. The second-order valence-corrected chi connectivity index (χ2v) is 4.71. The molecular weight excluding hydrogens is 244 g/mol. The van der Waals surface area contributed by atoms with Gasteiger partial charge in [-0.05, 0) is 18.9 Å². The van der Waals surface area contributed by atoms with E-state index >= 15 is 0 Å². The molecule has 104 valence electrons. The molecule has 0 spiro atoms. The lowest BCUT2D eigenvalue weighted by atomic mass is 9.96. The van der Waals surface area contributed by atoms with Gasteiger partial charge in [0.15, 0.2) is 6.73 Å². The molecule has 0 fully saturated rings. The Balaban J connectivity index is 1.76. The highest BCUT2D eigenvalue weighted by Crippen LogP contribution is 2.27. The number of ether oxygens (including phenoxy) is 2. The van der Waals surface area contributed by atoms with Crippen molar-refractivity contribution < 1.29 is 14.3 Å². The SMILES string of the molecule is CCCC1C(C)=CN/C1=C\OCNC1=CC(=O)OC1. The second kappa shape index (κ2) is 6.31. The van der Waals surface area contributed by atoms with Crippen molar-refractivity contribution in [2.45, 2.75) is 26.7 Å². The summed E-state index contributed by atoms with van der Waals surface area (Å²) in [5.41, 5.74) is 3.18. The number of carbonyl (C=O) groups excluding carboxylic acids is 1. The Morgan fingerprint density at radius 3 is 3.16 bits per heavy atom. The Morgan fingerprint density at radius 1 is 1.63 bits per heavy atom. The van der Waals surface area contributed by atoms with Crippen LogP contribution in [0.2, 0.25) is 0 Å². The van der Waals surface area contributed by atoms with Crippen molar-refractivity contribution in [2.24, 2.45) is 5.92 Å². The molecule has 0 aromatic rings. The molecule has 1 unspecified atom stereocenters. The lowest BCUT2D eigenvalue weighted by Crippen LogP contribution is -2.17. The standard InChI is InChI=1S/C14H20N2O3/c1-3-4-12-10(2)6-15-13(12)8-18-9-16-11-5-14(17)19-7-11/h5-6,8,12,15-16H,3-4,7,9H2,1-2H3/b13-8-. The van der Waals surface area contributed by atoms with Gasteiger partial charge in [0.2, 0.25) is 0 Å². The number of allylic oxidation sites excluding steroid dienone is 1. The number of carbonyl (C=O) groups is 1. The molecule has 1 atom stereocenters. The third kappa shape index (κ3) is 3.53. The summed E-state index contributed by atoms with van der Waals surface area (Å²) in [5, 5.41) is 6.23. The largest absolute Gasteiger partial charge is 0.479 e. The summed E-state index contributed by atoms with van der Waals surface area (Å²) in [6.07, 6.45) is 7.47. The van der Waals surface area contributed by atoms with Crippen LogP contribution in [0.5, 0.6) is 0 Å². The monoisotopic (exact) mass is 264 g/mol. The molecule has 2 rings (SSSR count). The van der Waals surface area contributed by atoms with Crippen molar-refractivity contribution in [1.29, 1.82) is 0 Å². The van der Waals surface area contributed by atoms with E-state index in [1.54, 1.807) is 6.26 Å². The van der Waals surface area contributed by atoms with Gasteiger partial charge in [0.1, 0.15) is 12.9 Å². The molecule has 0 saturated heterocycles. The van der Waals surface area contributed by atoms with Gasteiger partial charge in [-0.2, -0.15) is 0 Å². The summed E-state index contributed by atoms with van der Waals surface area (Å²) in [7, 11) is 0. The molecule has 2 aliphatic rings. The number of hydrogen-bond acceptors (Lipinski definition) is 5. The van der Waals surface area contributed by atoms with E-state index in [2.05, 4.69) is 24.5 Å². The molecular formula is C14H20N2O3. The quantitative estimate of drug-likeness (QED) is 0.331. The first kappa shape index (κ1) is 13.5. The van der Waals surface area contributed by atoms with Crippen molar-refractivity contribution in [1.82, 2.24) is 10.6 Å². The van der Waals surface area contributed by atoms with Crippen molar-refractivity contribution >= 4 is 5.97 Å². The van der Waals surface area contributed by atoms with Crippen molar-refractivity contribution in [3.05, 3.63) is 35.5 Å². The molecule has 0 bridgehead atoms. The van der Waals surface area contributed by atoms with Crippen LogP contribution in [-0.2, 0) is 14.3 Å². The molecule has 5 heteroatoms. The van der Waals surface area contributed by atoms with E-state index in [9.17, 15) is 4.79 Å². The van der Waals surface area contributed by atoms with Crippen LogP contribution in [0.1, 0.15) is 26.7 Å². The molecule has 0 aromatic carbocycles. The van der Waals surface area contributed by atoms with Crippen LogP contribution in [-0.4, -0.2) is 19.3 Å². The minimum atomic E-state index is -0.304. The summed E-state index contributed by atoms with van der Waals surface area (Å²) < 4.78 is 10.2. The predicted molar refractivity (Wildman–Crippen MR) is 71.5 cm³/mol. The number of rotatable bonds is 6. The van der Waals surface area contributed by atoms with Gasteiger partial charge in [-0.1, -0.05) is 13.3 Å². The zero-order valence-electron chi connectivity index (χ0n) is 11.4. The minimum absolute atomic E-state index is 0.302. The molecule has 0 amide bonds. The smallest absolute Gasteiger partial charge is 0.333 e. The average Bonchev–Trinajstić information content (AvgIpc) is 2.95. The molecule has 2 N–H and O–H groups in total. The van der Waals surface area contributed by atoms with Gasteiger partial charge in [0, 0.05) is 18.2 Å². The number of esters is 1. The first-order chi connectivity index (χ1) is 9.20. The van der Waals surface area contributed by atoms with E-state index in [1.807, 2.05) is 6.20 Å². The van der Waals surface area contributed by atoms with Crippen LogP contribution in [0.25, 0.3) is 0 Å². The van der Waals surface area contributed by atoms with Gasteiger partial charge < -0.3 is 20.1 Å². The second-order valence-electron chi connectivity index (χ2n) is 4.71. The van der Waals surface area contributed by atoms with Crippen LogP contribution in [0, 0.1) is 5.92 Å². The molecule has 5 nitrogen and oxygen atoms in total. The maximum atomic E-state index is 10.8. The fourth-order valence-corrected chi connectivity index (χ4v) is 2.17. The summed E-state index contributed by atoms with van der Waals surface area (Å²) in [6, 6.07) is 0. The number of cyclic esters (lactones) is 1. The van der Waals surface area contributed by atoms with Crippen molar-refractivity contribution in [3.8, 4) is 0 Å². The Bertz CT molecular complexity index is 438. The van der Waals surface area contributed by atoms with E-state index in [4.69, 9.17) is 9.47 Å². The van der Waals surface area contributed by atoms with Crippen LogP contribution >= 0.6 is 0 Å². The minimum Gasteiger partial charge on any atom is -0.479 e. The van der Waals surface area contributed by atoms with E-state index in [0.29, 0.717) is 19.3 Å².